The molecule has 2 aromatic rings. The molecule has 0 saturated carbocycles. The second-order valence-corrected chi connectivity index (χ2v) is 9.97. The van der Waals surface area contributed by atoms with E-state index in [2.05, 4.69) is 0 Å². The highest BCUT2D eigenvalue weighted by Gasteiger charge is 2.37. The summed E-state index contributed by atoms with van der Waals surface area (Å²) in [6.07, 6.45) is 5.85. The molecular formula is C25H28ClN3O4S. The van der Waals surface area contributed by atoms with E-state index in [1.807, 2.05) is 36.6 Å². The number of amides is 3. The molecule has 3 amide bonds. The highest BCUT2D eigenvalue weighted by Crippen LogP contribution is 2.35. The molecule has 0 unspecified atom stereocenters. The molecule has 7 nitrogen and oxygen atoms in total. The first-order chi connectivity index (χ1) is 16.3. The topological polar surface area (TPSA) is 71.8 Å². The molecular weight excluding hydrogens is 474 g/mol. The van der Waals surface area contributed by atoms with Gasteiger partial charge in [-0.1, -0.05) is 24.4 Å². The molecule has 2 saturated heterocycles. The summed E-state index contributed by atoms with van der Waals surface area (Å²) in [6, 6.07) is 7.35. The van der Waals surface area contributed by atoms with Gasteiger partial charge >= 0.3 is 0 Å². The van der Waals surface area contributed by atoms with Gasteiger partial charge in [-0.05, 0) is 74.4 Å². The number of thioether (sulfide) groups is 1. The summed E-state index contributed by atoms with van der Waals surface area (Å²) in [5, 5.41) is 0.171. The van der Waals surface area contributed by atoms with Crippen molar-refractivity contribution in [2.75, 3.05) is 26.7 Å². The van der Waals surface area contributed by atoms with Crippen molar-refractivity contribution in [1.82, 2.24) is 14.4 Å². The van der Waals surface area contributed by atoms with Crippen molar-refractivity contribution < 1.29 is 19.1 Å². The minimum absolute atomic E-state index is 0.170. The zero-order chi connectivity index (χ0) is 24.4. The van der Waals surface area contributed by atoms with E-state index in [1.165, 1.54) is 0 Å². The summed E-state index contributed by atoms with van der Waals surface area (Å²) in [5.41, 5.74) is 3.41. The number of imide groups is 1. The molecule has 2 aliphatic heterocycles. The first kappa shape index (κ1) is 24.4. The van der Waals surface area contributed by atoms with Gasteiger partial charge in [0.25, 0.3) is 11.1 Å². The summed E-state index contributed by atoms with van der Waals surface area (Å²) >= 11 is 7.10. The van der Waals surface area contributed by atoms with E-state index in [0.29, 0.717) is 28.8 Å². The Balaban J connectivity index is 1.58. The zero-order valence-corrected chi connectivity index (χ0v) is 21.2. The third kappa shape index (κ3) is 4.88. The molecule has 2 aliphatic rings. The summed E-state index contributed by atoms with van der Waals surface area (Å²) < 4.78 is 7.51. The second-order valence-electron chi connectivity index (χ2n) is 8.54. The van der Waals surface area contributed by atoms with Gasteiger partial charge in [-0.15, -0.1) is 0 Å². The fraction of sp³-hybridized carbons (Fsp3) is 0.400. The summed E-state index contributed by atoms with van der Waals surface area (Å²) in [5.74, 6) is 0.0742. The van der Waals surface area contributed by atoms with E-state index in [-0.39, 0.29) is 12.5 Å². The lowest BCUT2D eigenvalue weighted by molar-refractivity contribution is -0.135. The van der Waals surface area contributed by atoms with Crippen LogP contribution < -0.4 is 4.74 Å². The number of ether oxygens (including phenoxy) is 1. The normalized spacial score (nSPS) is 18.1. The predicted molar refractivity (Wildman–Crippen MR) is 135 cm³/mol. The third-order valence-corrected chi connectivity index (χ3v) is 7.41. The lowest BCUT2D eigenvalue weighted by atomic mass is 10.2. The van der Waals surface area contributed by atoms with Crippen molar-refractivity contribution in [3.63, 3.8) is 0 Å². The maximum absolute atomic E-state index is 13.0. The maximum Gasteiger partial charge on any atom is 0.294 e. The van der Waals surface area contributed by atoms with Crippen LogP contribution in [0.15, 0.2) is 29.2 Å². The van der Waals surface area contributed by atoms with Gasteiger partial charge in [0.05, 0.1) is 17.7 Å². The van der Waals surface area contributed by atoms with E-state index in [4.69, 9.17) is 16.3 Å². The number of rotatable bonds is 5. The van der Waals surface area contributed by atoms with Gasteiger partial charge in [0.2, 0.25) is 5.91 Å². The van der Waals surface area contributed by atoms with Crippen LogP contribution in [0.25, 0.3) is 11.8 Å². The Hall–Kier alpha value is -2.71. The van der Waals surface area contributed by atoms with Crippen LogP contribution in [0.3, 0.4) is 0 Å². The van der Waals surface area contributed by atoms with Crippen molar-refractivity contribution >= 4 is 46.5 Å². The van der Waals surface area contributed by atoms with E-state index < -0.39 is 11.1 Å². The summed E-state index contributed by atoms with van der Waals surface area (Å²) in [6.45, 7) is 5.05. The molecule has 34 heavy (non-hydrogen) atoms. The minimum atomic E-state index is -0.427. The van der Waals surface area contributed by atoms with Gasteiger partial charge < -0.3 is 14.2 Å². The van der Waals surface area contributed by atoms with E-state index in [0.717, 1.165) is 65.0 Å². The molecule has 0 radical (unpaired) electrons. The molecule has 180 valence electrons. The number of halogens is 1. The van der Waals surface area contributed by atoms with E-state index in [9.17, 15) is 14.4 Å². The predicted octanol–water partition coefficient (Wildman–Crippen LogP) is 5.20. The van der Waals surface area contributed by atoms with Crippen LogP contribution in [0, 0.1) is 13.8 Å². The van der Waals surface area contributed by atoms with Crippen LogP contribution in [0.5, 0.6) is 5.75 Å². The fourth-order valence-corrected chi connectivity index (χ4v) is 5.47. The van der Waals surface area contributed by atoms with Crippen molar-refractivity contribution in [2.24, 2.45) is 0 Å². The highest BCUT2D eigenvalue weighted by molar-refractivity contribution is 8.18. The summed E-state index contributed by atoms with van der Waals surface area (Å²) in [7, 11) is 1.60. The highest BCUT2D eigenvalue weighted by atomic mass is 35.5. The van der Waals surface area contributed by atoms with Gasteiger partial charge in [0.15, 0.2) is 0 Å². The fourth-order valence-electron chi connectivity index (χ4n) is 4.48. The SMILES string of the molecule is COc1ccc(Cl)cc1-n1c(C)cc(C=C2SC(=O)N(CC(=O)N3CCCCCC3)C2=O)c1C. The Bertz CT molecular complexity index is 1170. The van der Waals surface area contributed by atoms with Gasteiger partial charge in [0, 0.05) is 29.5 Å². The molecule has 0 aliphatic carbocycles. The monoisotopic (exact) mass is 501 g/mol. The largest absolute Gasteiger partial charge is 0.495 e. The van der Waals surface area contributed by atoms with Crippen LogP contribution in [0.4, 0.5) is 4.79 Å². The van der Waals surface area contributed by atoms with Crippen molar-refractivity contribution in [3.05, 3.63) is 51.1 Å². The Morgan fingerprint density at radius 3 is 2.50 bits per heavy atom. The summed E-state index contributed by atoms with van der Waals surface area (Å²) in [4.78, 5) is 41.5. The number of likely N-dealkylation sites (tertiary alicyclic amines) is 1. The lowest BCUT2D eigenvalue weighted by Crippen LogP contribution is -2.42. The first-order valence-corrected chi connectivity index (χ1v) is 12.6. The number of benzene rings is 1. The maximum atomic E-state index is 13.0. The van der Waals surface area contributed by atoms with Gasteiger partial charge in [0.1, 0.15) is 12.3 Å². The van der Waals surface area contributed by atoms with Crippen LogP contribution in [-0.2, 0) is 9.59 Å². The van der Waals surface area contributed by atoms with Crippen LogP contribution in [0.2, 0.25) is 5.02 Å². The van der Waals surface area contributed by atoms with Crippen LogP contribution in [0.1, 0.15) is 42.6 Å². The molecule has 0 spiro atoms. The zero-order valence-electron chi connectivity index (χ0n) is 19.6. The van der Waals surface area contributed by atoms with Crippen LogP contribution in [-0.4, -0.2) is 58.2 Å². The number of aryl methyl sites for hydroxylation is 1. The van der Waals surface area contributed by atoms with Gasteiger partial charge in [-0.2, -0.15) is 0 Å². The molecule has 0 bridgehead atoms. The van der Waals surface area contributed by atoms with Crippen molar-refractivity contribution in [2.45, 2.75) is 39.5 Å². The number of hydrogen-bond donors (Lipinski definition) is 0. The molecule has 1 aromatic carbocycles. The van der Waals surface area contributed by atoms with E-state index in [1.54, 1.807) is 24.2 Å². The Kier molecular flexibility index (Phi) is 7.38. The molecule has 3 heterocycles. The molecule has 2 fully saturated rings. The molecule has 0 atom stereocenters. The molecule has 0 N–H and O–H groups in total. The van der Waals surface area contributed by atoms with Crippen molar-refractivity contribution in [3.8, 4) is 11.4 Å². The second kappa shape index (κ2) is 10.3. The van der Waals surface area contributed by atoms with Gasteiger partial charge in [-0.3, -0.25) is 19.3 Å². The Morgan fingerprint density at radius 1 is 1.12 bits per heavy atom. The Morgan fingerprint density at radius 2 is 1.82 bits per heavy atom. The average molecular weight is 502 g/mol. The average Bonchev–Trinajstić information content (AvgIpc) is 3.09. The number of methoxy groups -OCH3 is 1. The number of aromatic nitrogens is 1. The van der Waals surface area contributed by atoms with Crippen molar-refractivity contribution in [1.29, 1.82) is 0 Å². The smallest absolute Gasteiger partial charge is 0.294 e. The standard InChI is InChI=1S/C25H28ClN3O4S/c1-16-12-18(17(2)29(16)20-14-19(26)8-9-21(20)33-3)13-22-24(31)28(25(32)34-22)15-23(30)27-10-6-4-5-7-11-27/h8-9,12-14H,4-7,10-11,15H2,1-3H3. The first-order valence-electron chi connectivity index (χ1n) is 11.4. The van der Waals surface area contributed by atoms with Gasteiger partial charge in [-0.25, -0.2) is 0 Å². The minimum Gasteiger partial charge on any atom is -0.495 e. The number of nitrogens with zero attached hydrogens (tertiary/aromatic N) is 3. The van der Waals surface area contributed by atoms with E-state index >= 15 is 0 Å². The lowest BCUT2D eigenvalue weighted by Gasteiger charge is -2.22. The number of carbonyl (C=O) groups is 3. The molecule has 4 rings (SSSR count). The molecule has 9 heteroatoms. The Labute approximate surface area is 208 Å². The third-order valence-electron chi connectivity index (χ3n) is 6.26. The quantitative estimate of drug-likeness (QED) is 0.527. The number of hydrogen-bond acceptors (Lipinski definition) is 5. The molecule has 1 aromatic heterocycles. The van der Waals surface area contributed by atoms with Crippen LogP contribution >= 0.6 is 23.4 Å². The number of carbonyl (C=O) groups excluding carboxylic acids is 3.